The Morgan fingerprint density at radius 2 is 1.50 bits per heavy atom. The van der Waals surface area contributed by atoms with E-state index in [9.17, 15) is 0 Å². The zero-order valence-electron chi connectivity index (χ0n) is 16.4. The van der Waals surface area contributed by atoms with Crippen molar-refractivity contribution in [3.63, 3.8) is 0 Å². The molecular weight excluding hydrogens is 344 g/mol. The Morgan fingerprint density at radius 3 is 2.14 bits per heavy atom. The predicted molar refractivity (Wildman–Crippen MR) is 115 cm³/mol. The second kappa shape index (κ2) is 9.05. The van der Waals surface area contributed by atoms with Gasteiger partial charge in [0.25, 0.3) is 0 Å². The summed E-state index contributed by atoms with van der Waals surface area (Å²) in [5, 5.41) is 3.71. The first-order valence-corrected chi connectivity index (χ1v) is 10.0. The Morgan fingerprint density at radius 1 is 0.893 bits per heavy atom. The molecule has 3 heteroatoms. The first kappa shape index (κ1) is 18.7. The maximum atomic E-state index is 5.56. The monoisotopic (exact) mass is 372 g/mol. The van der Waals surface area contributed by atoms with Crippen LogP contribution in [0.5, 0.6) is 5.75 Å². The summed E-state index contributed by atoms with van der Waals surface area (Å²) in [7, 11) is 1.75. The van der Waals surface area contributed by atoms with Gasteiger partial charge in [-0.15, -0.1) is 0 Å². The molecule has 0 aromatic heterocycles. The molecule has 28 heavy (non-hydrogen) atoms. The summed E-state index contributed by atoms with van der Waals surface area (Å²) in [6.45, 7) is 3.04. The van der Waals surface area contributed by atoms with E-state index in [1.807, 2.05) is 12.1 Å². The van der Waals surface area contributed by atoms with Crippen molar-refractivity contribution in [2.75, 3.05) is 26.7 Å². The van der Waals surface area contributed by atoms with Crippen molar-refractivity contribution in [1.82, 2.24) is 10.2 Å². The average Bonchev–Trinajstić information content (AvgIpc) is 2.76. The maximum Gasteiger partial charge on any atom is 0.122 e. The lowest BCUT2D eigenvalue weighted by atomic mass is 9.94. The summed E-state index contributed by atoms with van der Waals surface area (Å²) in [5.74, 6) is 0.976. The second-order valence-electron chi connectivity index (χ2n) is 7.39. The molecule has 3 aromatic rings. The number of methoxy groups -OCH3 is 1. The topological polar surface area (TPSA) is 24.5 Å². The molecule has 1 heterocycles. The molecule has 0 aliphatic carbocycles. The molecule has 0 saturated carbocycles. The lowest BCUT2D eigenvalue weighted by molar-refractivity contribution is 0.163. The summed E-state index contributed by atoms with van der Waals surface area (Å²) in [5.41, 5.74) is 3.97. The molecule has 0 bridgehead atoms. The zero-order chi connectivity index (χ0) is 19.2. The molecule has 1 fully saturated rings. The molecule has 0 spiro atoms. The van der Waals surface area contributed by atoms with Crippen molar-refractivity contribution < 1.29 is 4.74 Å². The average molecular weight is 373 g/mol. The number of ether oxygens (including phenoxy) is 1. The van der Waals surface area contributed by atoms with Crippen LogP contribution >= 0.6 is 0 Å². The molecule has 3 nitrogen and oxygen atoms in total. The van der Waals surface area contributed by atoms with Gasteiger partial charge < -0.3 is 10.1 Å². The molecule has 0 amide bonds. The van der Waals surface area contributed by atoms with Gasteiger partial charge in [0.1, 0.15) is 5.75 Å². The predicted octanol–water partition coefficient (Wildman–Crippen LogP) is 4.30. The van der Waals surface area contributed by atoms with Gasteiger partial charge in [0, 0.05) is 25.7 Å². The van der Waals surface area contributed by atoms with Crippen molar-refractivity contribution in [3.05, 3.63) is 102 Å². The van der Waals surface area contributed by atoms with E-state index in [-0.39, 0.29) is 6.04 Å². The van der Waals surface area contributed by atoms with Crippen LogP contribution in [-0.2, 0) is 6.42 Å². The van der Waals surface area contributed by atoms with Crippen LogP contribution in [0.2, 0.25) is 0 Å². The molecule has 1 N–H and O–H groups in total. The lowest BCUT2D eigenvalue weighted by Gasteiger charge is -2.39. The summed E-state index contributed by atoms with van der Waals surface area (Å²) >= 11 is 0. The highest BCUT2D eigenvalue weighted by atomic mass is 16.5. The van der Waals surface area contributed by atoms with Gasteiger partial charge in [0.2, 0.25) is 0 Å². The van der Waals surface area contributed by atoms with Crippen LogP contribution < -0.4 is 10.1 Å². The molecular formula is C25H28N2O. The van der Waals surface area contributed by atoms with Crippen LogP contribution in [0, 0.1) is 0 Å². The third-order valence-corrected chi connectivity index (χ3v) is 5.54. The Hall–Kier alpha value is -2.62. The molecule has 0 radical (unpaired) electrons. The van der Waals surface area contributed by atoms with Gasteiger partial charge in [-0.25, -0.2) is 0 Å². The molecule has 1 aliphatic heterocycles. The Bertz CT molecular complexity index is 826. The van der Waals surface area contributed by atoms with Crippen molar-refractivity contribution in [2.45, 2.75) is 18.5 Å². The number of nitrogens with zero attached hydrogens (tertiary/aromatic N) is 1. The normalized spacial score (nSPS) is 17.6. The minimum absolute atomic E-state index is 0.282. The van der Waals surface area contributed by atoms with Crippen LogP contribution in [0.1, 0.15) is 22.7 Å². The highest BCUT2D eigenvalue weighted by Gasteiger charge is 2.28. The van der Waals surface area contributed by atoms with Crippen LogP contribution in [-0.4, -0.2) is 37.7 Å². The molecule has 1 saturated heterocycles. The van der Waals surface area contributed by atoms with Gasteiger partial charge >= 0.3 is 0 Å². The van der Waals surface area contributed by atoms with Gasteiger partial charge in [-0.2, -0.15) is 0 Å². The number of nitrogens with one attached hydrogen (secondary N) is 1. The van der Waals surface area contributed by atoms with Gasteiger partial charge in [-0.1, -0.05) is 78.9 Å². The van der Waals surface area contributed by atoms with Crippen LogP contribution in [0.4, 0.5) is 0 Å². The number of hydrogen-bond acceptors (Lipinski definition) is 3. The fourth-order valence-corrected chi connectivity index (χ4v) is 4.24. The fraction of sp³-hybridized carbons (Fsp3) is 0.280. The SMILES string of the molecule is COc1ccccc1CC1CN(C(c2ccccc2)c2ccccc2)CCN1. The highest BCUT2D eigenvalue weighted by Crippen LogP contribution is 2.30. The molecule has 1 atom stereocenters. The molecule has 144 valence electrons. The third-order valence-electron chi connectivity index (χ3n) is 5.54. The van der Waals surface area contributed by atoms with Gasteiger partial charge in [-0.3, -0.25) is 4.90 Å². The second-order valence-corrected chi connectivity index (χ2v) is 7.39. The smallest absolute Gasteiger partial charge is 0.122 e. The number of piperazine rings is 1. The highest BCUT2D eigenvalue weighted by molar-refractivity contribution is 5.35. The summed E-state index contributed by atoms with van der Waals surface area (Å²) in [6, 6.07) is 30.7. The Balaban J connectivity index is 1.57. The minimum Gasteiger partial charge on any atom is -0.496 e. The fourth-order valence-electron chi connectivity index (χ4n) is 4.24. The van der Waals surface area contributed by atoms with Crippen molar-refractivity contribution in [1.29, 1.82) is 0 Å². The van der Waals surface area contributed by atoms with E-state index < -0.39 is 0 Å². The summed E-state index contributed by atoms with van der Waals surface area (Å²) in [4.78, 5) is 2.61. The minimum atomic E-state index is 0.282. The van der Waals surface area contributed by atoms with E-state index in [0.717, 1.165) is 31.8 Å². The van der Waals surface area contributed by atoms with Crippen molar-refractivity contribution in [3.8, 4) is 5.75 Å². The summed E-state index contributed by atoms with van der Waals surface area (Å²) in [6.07, 6.45) is 0.969. The maximum absolute atomic E-state index is 5.56. The summed E-state index contributed by atoms with van der Waals surface area (Å²) < 4.78 is 5.56. The number of para-hydroxylation sites is 1. The van der Waals surface area contributed by atoms with E-state index >= 15 is 0 Å². The number of rotatable bonds is 6. The third kappa shape index (κ3) is 4.27. The van der Waals surface area contributed by atoms with Gasteiger partial charge in [-0.05, 0) is 29.2 Å². The molecule has 3 aromatic carbocycles. The van der Waals surface area contributed by atoms with Crippen molar-refractivity contribution >= 4 is 0 Å². The van der Waals surface area contributed by atoms with Crippen LogP contribution in [0.15, 0.2) is 84.9 Å². The quantitative estimate of drug-likeness (QED) is 0.698. The largest absolute Gasteiger partial charge is 0.496 e. The molecule has 4 rings (SSSR count). The standard InChI is InChI=1S/C25H28N2O/c1-28-24-15-9-8-14-22(24)18-23-19-27(17-16-26-23)25(20-10-4-2-5-11-20)21-12-6-3-7-13-21/h2-15,23,25-26H,16-19H2,1H3. The van der Waals surface area contributed by atoms with E-state index in [0.29, 0.717) is 6.04 Å². The van der Waals surface area contributed by atoms with Crippen LogP contribution in [0.3, 0.4) is 0 Å². The molecule has 1 aliphatic rings. The lowest BCUT2D eigenvalue weighted by Crippen LogP contribution is -2.52. The van der Waals surface area contributed by atoms with Crippen LogP contribution in [0.25, 0.3) is 0 Å². The number of hydrogen-bond donors (Lipinski definition) is 1. The van der Waals surface area contributed by atoms with E-state index in [4.69, 9.17) is 4.74 Å². The zero-order valence-corrected chi connectivity index (χ0v) is 16.4. The number of benzene rings is 3. The van der Waals surface area contributed by atoms with E-state index in [1.165, 1.54) is 16.7 Å². The Labute approximate surface area is 168 Å². The first-order valence-electron chi connectivity index (χ1n) is 10.0. The first-order chi connectivity index (χ1) is 13.8. The molecule has 1 unspecified atom stereocenters. The van der Waals surface area contributed by atoms with Crippen molar-refractivity contribution in [2.24, 2.45) is 0 Å². The van der Waals surface area contributed by atoms with E-state index in [1.54, 1.807) is 7.11 Å². The van der Waals surface area contributed by atoms with Gasteiger partial charge in [0.15, 0.2) is 0 Å². The Kier molecular flexibility index (Phi) is 6.05. The van der Waals surface area contributed by atoms with Gasteiger partial charge in [0.05, 0.1) is 13.2 Å². The van der Waals surface area contributed by atoms with E-state index in [2.05, 4.69) is 83.0 Å².